The SMILES string of the molecule is CCCN(C)c1nc(-c2ccccc2)nc2c1CN(C(=O)COc1ccccc1)CC2. The molecule has 6 nitrogen and oxygen atoms in total. The van der Waals surface area contributed by atoms with Crippen LogP contribution in [0.5, 0.6) is 5.75 Å². The van der Waals surface area contributed by atoms with Crippen LogP contribution < -0.4 is 9.64 Å². The fourth-order valence-electron chi connectivity index (χ4n) is 3.84. The Labute approximate surface area is 183 Å². The minimum absolute atomic E-state index is 0.0225. The van der Waals surface area contributed by atoms with Gasteiger partial charge in [0.2, 0.25) is 0 Å². The Kier molecular flexibility index (Phi) is 6.46. The minimum Gasteiger partial charge on any atom is -0.484 e. The molecule has 0 saturated carbocycles. The molecule has 1 amide bonds. The van der Waals surface area contributed by atoms with E-state index in [1.54, 1.807) is 0 Å². The number of carbonyl (C=O) groups excluding carboxylic acids is 1. The van der Waals surface area contributed by atoms with Gasteiger partial charge >= 0.3 is 0 Å². The molecule has 0 N–H and O–H groups in total. The Bertz CT molecular complexity index is 1020. The smallest absolute Gasteiger partial charge is 0.260 e. The number of fused-ring (bicyclic) bond motifs is 1. The maximum atomic E-state index is 12.8. The highest BCUT2D eigenvalue weighted by atomic mass is 16.5. The van der Waals surface area contributed by atoms with Gasteiger partial charge in [-0.2, -0.15) is 0 Å². The lowest BCUT2D eigenvalue weighted by atomic mass is 10.0. The second kappa shape index (κ2) is 9.60. The third kappa shape index (κ3) is 4.85. The number of anilines is 1. The first kappa shape index (κ1) is 20.8. The third-order valence-corrected chi connectivity index (χ3v) is 5.45. The first-order chi connectivity index (χ1) is 15.2. The lowest BCUT2D eigenvalue weighted by Crippen LogP contribution is -2.40. The van der Waals surface area contributed by atoms with Gasteiger partial charge < -0.3 is 14.5 Å². The molecule has 0 atom stereocenters. The number of para-hydroxylation sites is 1. The van der Waals surface area contributed by atoms with E-state index in [0.29, 0.717) is 25.3 Å². The standard InChI is InChI=1S/C25H28N4O2/c1-3-15-28(2)25-21-17-29(23(30)18-31-20-12-8-5-9-13-20)16-14-22(21)26-24(27-25)19-10-6-4-7-11-19/h4-13H,3,14-18H2,1-2H3. The average molecular weight is 417 g/mol. The van der Waals surface area contributed by atoms with Crippen LogP contribution in [-0.2, 0) is 17.8 Å². The van der Waals surface area contributed by atoms with Crippen molar-refractivity contribution in [3.63, 3.8) is 0 Å². The summed E-state index contributed by atoms with van der Waals surface area (Å²) in [5, 5.41) is 0. The zero-order chi connectivity index (χ0) is 21.6. The van der Waals surface area contributed by atoms with Gasteiger partial charge in [0.15, 0.2) is 12.4 Å². The highest BCUT2D eigenvalue weighted by molar-refractivity contribution is 5.78. The molecule has 6 heteroatoms. The molecule has 0 unspecified atom stereocenters. The number of ether oxygens (including phenoxy) is 1. The van der Waals surface area contributed by atoms with Gasteiger partial charge in [-0.05, 0) is 18.6 Å². The molecule has 31 heavy (non-hydrogen) atoms. The molecule has 0 aliphatic carbocycles. The molecule has 4 rings (SSSR count). The van der Waals surface area contributed by atoms with Crippen molar-refractivity contribution in [2.45, 2.75) is 26.3 Å². The van der Waals surface area contributed by atoms with Crippen molar-refractivity contribution in [2.24, 2.45) is 0 Å². The van der Waals surface area contributed by atoms with Gasteiger partial charge in [0, 0.05) is 37.7 Å². The predicted molar refractivity (Wildman–Crippen MR) is 122 cm³/mol. The lowest BCUT2D eigenvalue weighted by molar-refractivity contribution is -0.134. The van der Waals surface area contributed by atoms with Gasteiger partial charge in [0.1, 0.15) is 11.6 Å². The van der Waals surface area contributed by atoms with E-state index < -0.39 is 0 Å². The molecule has 3 aromatic rings. The van der Waals surface area contributed by atoms with E-state index in [0.717, 1.165) is 41.4 Å². The molecule has 0 fully saturated rings. The molecular formula is C25H28N4O2. The zero-order valence-corrected chi connectivity index (χ0v) is 18.1. The van der Waals surface area contributed by atoms with Crippen molar-refractivity contribution in [2.75, 3.05) is 31.6 Å². The van der Waals surface area contributed by atoms with E-state index in [9.17, 15) is 4.79 Å². The van der Waals surface area contributed by atoms with Crippen molar-refractivity contribution in [3.8, 4) is 17.1 Å². The molecule has 0 saturated heterocycles. The summed E-state index contributed by atoms with van der Waals surface area (Å²) in [7, 11) is 2.06. The van der Waals surface area contributed by atoms with Gasteiger partial charge in [-0.25, -0.2) is 9.97 Å². The van der Waals surface area contributed by atoms with Crippen molar-refractivity contribution >= 4 is 11.7 Å². The molecular weight excluding hydrogens is 388 g/mol. The van der Waals surface area contributed by atoms with Crippen LogP contribution >= 0.6 is 0 Å². The van der Waals surface area contributed by atoms with E-state index in [1.165, 1.54) is 0 Å². The second-order valence-electron chi connectivity index (χ2n) is 7.75. The molecule has 2 aromatic carbocycles. The molecule has 1 aromatic heterocycles. The van der Waals surface area contributed by atoms with Crippen molar-refractivity contribution in [1.82, 2.24) is 14.9 Å². The first-order valence-corrected chi connectivity index (χ1v) is 10.8. The van der Waals surface area contributed by atoms with Crippen LogP contribution in [0.15, 0.2) is 60.7 Å². The van der Waals surface area contributed by atoms with Crippen molar-refractivity contribution < 1.29 is 9.53 Å². The molecule has 0 bridgehead atoms. The maximum absolute atomic E-state index is 12.8. The number of hydrogen-bond acceptors (Lipinski definition) is 5. The van der Waals surface area contributed by atoms with Crippen LogP contribution in [0.3, 0.4) is 0 Å². The number of rotatable bonds is 7. The van der Waals surface area contributed by atoms with E-state index in [-0.39, 0.29) is 12.5 Å². The summed E-state index contributed by atoms with van der Waals surface area (Å²) in [5.74, 6) is 2.33. The van der Waals surface area contributed by atoms with E-state index in [1.807, 2.05) is 65.6 Å². The Morgan fingerprint density at radius 2 is 1.77 bits per heavy atom. The van der Waals surface area contributed by atoms with Crippen LogP contribution in [0.4, 0.5) is 5.82 Å². The number of nitrogens with zero attached hydrogens (tertiary/aromatic N) is 4. The van der Waals surface area contributed by atoms with Crippen molar-refractivity contribution in [3.05, 3.63) is 71.9 Å². The summed E-state index contributed by atoms with van der Waals surface area (Å²) in [6.45, 7) is 4.21. The quantitative estimate of drug-likeness (QED) is 0.584. The summed E-state index contributed by atoms with van der Waals surface area (Å²) in [6.07, 6.45) is 1.73. The van der Waals surface area contributed by atoms with Crippen LogP contribution in [0.1, 0.15) is 24.6 Å². The summed E-state index contributed by atoms with van der Waals surface area (Å²) in [4.78, 5) is 26.6. The van der Waals surface area contributed by atoms with Crippen LogP contribution in [0.2, 0.25) is 0 Å². The lowest BCUT2D eigenvalue weighted by Gasteiger charge is -2.32. The van der Waals surface area contributed by atoms with Gasteiger partial charge in [-0.1, -0.05) is 55.5 Å². The number of carbonyl (C=O) groups is 1. The largest absolute Gasteiger partial charge is 0.484 e. The minimum atomic E-state index is -0.0225. The van der Waals surface area contributed by atoms with Gasteiger partial charge in [-0.3, -0.25) is 4.79 Å². The average Bonchev–Trinajstić information content (AvgIpc) is 2.83. The highest BCUT2D eigenvalue weighted by Crippen LogP contribution is 2.29. The van der Waals surface area contributed by atoms with Crippen LogP contribution in [-0.4, -0.2) is 47.5 Å². The molecule has 2 heterocycles. The monoisotopic (exact) mass is 416 g/mol. The Balaban J connectivity index is 1.57. The van der Waals surface area contributed by atoms with E-state index >= 15 is 0 Å². The van der Waals surface area contributed by atoms with E-state index in [4.69, 9.17) is 14.7 Å². The zero-order valence-electron chi connectivity index (χ0n) is 18.1. The molecule has 160 valence electrons. The molecule has 0 spiro atoms. The maximum Gasteiger partial charge on any atom is 0.260 e. The van der Waals surface area contributed by atoms with Crippen LogP contribution in [0, 0.1) is 0 Å². The Morgan fingerprint density at radius 1 is 1.06 bits per heavy atom. The first-order valence-electron chi connectivity index (χ1n) is 10.8. The predicted octanol–water partition coefficient (Wildman–Crippen LogP) is 3.95. The topological polar surface area (TPSA) is 58.6 Å². The molecule has 1 aliphatic heterocycles. The fourth-order valence-corrected chi connectivity index (χ4v) is 3.84. The van der Waals surface area contributed by atoms with Gasteiger partial charge in [0.25, 0.3) is 5.91 Å². The summed E-state index contributed by atoms with van der Waals surface area (Å²) in [6, 6.07) is 19.5. The summed E-state index contributed by atoms with van der Waals surface area (Å²) >= 11 is 0. The Hall–Kier alpha value is -3.41. The normalized spacial score (nSPS) is 12.9. The summed E-state index contributed by atoms with van der Waals surface area (Å²) in [5.41, 5.74) is 3.07. The molecule has 1 aliphatic rings. The summed E-state index contributed by atoms with van der Waals surface area (Å²) < 4.78 is 5.67. The Morgan fingerprint density at radius 3 is 2.48 bits per heavy atom. The third-order valence-electron chi connectivity index (χ3n) is 5.45. The highest BCUT2D eigenvalue weighted by Gasteiger charge is 2.27. The number of aromatic nitrogens is 2. The number of amides is 1. The van der Waals surface area contributed by atoms with Crippen molar-refractivity contribution in [1.29, 1.82) is 0 Å². The van der Waals surface area contributed by atoms with Gasteiger partial charge in [0.05, 0.1) is 12.2 Å². The number of hydrogen-bond donors (Lipinski definition) is 0. The molecule has 0 radical (unpaired) electrons. The second-order valence-corrected chi connectivity index (χ2v) is 7.75. The van der Waals surface area contributed by atoms with Crippen LogP contribution in [0.25, 0.3) is 11.4 Å². The number of benzene rings is 2. The fraction of sp³-hybridized carbons (Fsp3) is 0.320. The van der Waals surface area contributed by atoms with Gasteiger partial charge in [-0.15, -0.1) is 0 Å². The van der Waals surface area contributed by atoms with E-state index in [2.05, 4.69) is 18.9 Å².